The Morgan fingerprint density at radius 1 is 1.43 bits per heavy atom. The van der Waals surface area contributed by atoms with Gasteiger partial charge in [-0.1, -0.05) is 27.7 Å². The van der Waals surface area contributed by atoms with Gasteiger partial charge in [0.2, 0.25) is 0 Å². The van der Waals surface area contributed by atoms with Crippen LogP contribution in [-0.4, -0.2) is 25.3 Å². The van der Waals surface area contributed by atoms with Crippen molar-refractivity contribution in [1.82, 2.24) is 5.32 Å². The molecule has 0 aliphatic carbocycles. The lowest BCUT2D eigenvalue weighted by Gasteiger charge is -2.37. The number of ether oxygens (including phenoxy) is 1. The van der Waals surface area contributed by atoms with Crippen LogP contribution in [0.2, 0.25) is 0 Å². The predicted molar refractivity (Wildman–Crippen MR) is 60.4 cm³/mol. The Bertz CT molecular complexity index is 174. The molecule has 2 nitrogen and oxygen atoms in total. The first-order valence-corrected chi connectivity index (χ1v) is 5.81. The van der Waals surface area contributed by atoms with Gasteiger partial charge < -0.3 is 10.1 Å². The van der Waals surface area contributed by atoms with E-state index in [0.717, 1.165) is 13.2 Å². The van der Waals surface area contributed by atoms with Crippen LogP contribution >= 0.6 is 0 Å². The Kier molecular flexibility index (Phi) is 3.96. The average Bonchev–Trinajstić information content (AvgIpc) is 2.45. The van der Waals surface area contributed by atoms with Crippen LogP contribution in [0.15, 0.2) is 0 Å². The molecule has 0 aromatic carbocycles. The number of hydrogen-bond donors (Lipinski definition) is 1. The second kappa shape index (κ2) is 4.63. The predicted octanol–water partition coefficient (Wildman–Crippen LogP) is 2.44. The second-order valence-electron chi connectivity index (χ2n) is 5.43. The van der Waals surface area contributed by atoms with Gasteiger partial charge in [0.1, 0.15) is 0 Å². The summed E-state index contributed by atoms with van der Waals surface area (Å²) in [6.45, 7) is 13.3. The summed E-state index contributed by atoms with van der Waals surface area (Å²) in [6.07, 6.45) is 1.62. The third-order valence-electron chi connectivity index (χ3n) is 3.22. The van der Waals surface area contributed by atoms with E-state index in [1.807, 2.05) is 0 Å². The summed E-state index contributed by atoms with van der Waals surface area (Å²) in [7, 11) is 0. The maximum absolute atomic E-state index is 5.65. The van der Waals surface area contributed by atoms with Crippen LogP contribution in [-0.2, 0) is 4.74 Å². The molecule has 0 spiro atoms. The van der Waals surface area contributed by atoms with Crippen LogP contribution in [0.3, 0.4) is 0 Å². The molecule has 1 heterocycles. The summed E-state index contributed by atoms with van der Waals surface area (Å²) in [6, 6.07) is 0.574. The summed E-state index contributed by atoms with van der Waals surface area (Å²) in [4.78, 5) is 0. The molecule has 0 bridgehead atoms. The van der Waals surface area contributed by atoms with Crippen molar-refractivity contribution in [3.8, 4) is 0 Å². The molecular formula is C12H25NO. The van der Waals surface area contributed by atoms with Gasteiger partial charge >= 0.3 is 0 Å². The summed E-state index contributed by atoms with van der Waals surface area (Å²) in [5, 5.41) is 3.61. The third kappa shape index (κ3) is 2.71. The van der Waals surface area contributed by atoms with Crippen LogP contribution in [0.4, 0.5) is 0 Å². The zero-order chi connectivity index (χ0) is 10.8. The lowest BCUT2D eigenvalue weighted by Crippen LogP contribution is -2.47. The fourth-order valence-corrected chi connectivity index (χ4v) is 2.51. The zero-order valence-corrected chi connectivity index (χ0v) is 10.3. The van der Waals surface area contributed by atoms with E-state index < -0.39 is 0 Å². The minimum atomic E-state index is 0.322. The first-order valence-electron chi connectivity index (χ1n) is 5.81. The highest BCUT2D eigenvalue weighted by Crippen LogP contribution is 2.33. The molecule has 1 rings (SSSR count). The van der Waals surface area contributed by atoms with Crippen LogP contribution in [0.25, 0.3) is 0 Å². The van der Waals surface area contributed by atoms with Crippen LogP contribution in [0, 0.1) is 11.3 Å². The van der Waals surface area contributed by atoms with E-state index in [1.165, 1.54) is 6.42 Å². The first kappa shape index (κ1) is 12.0. The van der Waals surface area contributed by atoms with E-state index in [4.69, 9.17) is 4.74 Å². The van der Waals surface area contributed by atoms with Crippen LogP contribution in [0.5, 0.6) is 0 Å². The summed E-state index contributed by atoms with van der Waals surface area (Å²) >= 11 is 0. The molecule has 0 aromatic rings. The maximum Gasteiger partial charge on any atom is 0.0591 e. The molecule has 2 heteroatoms. The molecule has 0 saturated carbocycles. The maximum atomic E-state index is 5.65. The smallest absolute Gasteiger partial charge is 0.0591 e. The van der Waals surface area contributed by atoms with Crippen molar-refractivity contribution < 1.29 is 4.74 Å². The van der Waals surface area contributed by atoms with Gasteiger partial charge in [-0.15, -0.1) is 0 Å². The molecule has 3 unspecified atom stereocenters. The Hall–Kier alpha value is -0.0800. The van der Waals surface area contributed by atoms with Gasteiger partial charge in [-0.3, -0.25) is 0 Å². The molecule has 14 heavy (non-hydrogen) atoms. The van der Waals surface area contributed by atoms with Gasteiger partial charge in [0.05, 0.1) is 6.10 Å². The fraction of sp³-hybridized carbons (Fsp3) is 1.00. The normalized spacial score (nSPS) is 30.6. The molecule has 3 atom stereocenters. The van der Waals surface area contributed by atoms with Crippen molar-refractivity contribution in [2.24, 2.45) is 11.3 Å². The van der Waals surface area contributed by atoms with Gasteiger partial charge in [-0.05, 0) is 25.3 Å². The molecule has 1 aliphatic rings. The number of rotatable bonds is 3. The largest absolute Gasteiger partial charge is 0.378 e. The van der Waals surface area contributed by atoms with Crippen molar-refractivity contribution in [3.05, 3.63) is 0 Å². The lowest BCUT2D eigenvalue weighted by molar-refractivity contribution is 0.0758. The monoisotopic (exact) mass is 199 g/mol. The van der Waals surface area contributed by atoms with Crippen LogP contribution in [0.1, 0.15) is 41.0 Å². The van der Waals surface area contributed by atoms with Crippen molar-refractivity contribution in [3.63, 3.8) is 0 Å². The minimum absolute atomic E-state index is 0.322. The standard InChI is InChI=1S/C12H25NO/c1-6-13-11(12(3,4)5)10-7-8-14-9(10)2/h9-11,13H,6-8H2,1-5H3. The third-order valence-corrected chi connectivity index (χ3v) is 3.22. The van der Waals surface area contributed by atoms with E-state index in [1.54, 1.807) is 0 Å². The highest BCUT2D eigenvalue weighted by atomic mass is 16.5. The van der Waals surface area contributed by atoms with Crippen molar-refractivity contribution >= 4 is 0 Å². The van der Waals surface area contributed by atoms with Gasteiger partial charge in [-0.2, -0.15) is 0 Å². The van der Waals surface area contributed by atoms with E-state index >= 15 is 0 Å². The molecular weight excluding hydrogens is 174 g/mol. The molecule has 0 radical (unpaired) electrons. The van der Waals surface area contributed by atoms with Crippen molar-refractivity contribution in [1.29, 1.82) is 0 Å². The first-order chi connectivity index (χ1) is 6.46. The van der Waals surface area contributed by atoms with E-state index in [-0.39, 0.29) is 0 Å². The Balaban J connectivity index is 2.66. The molecule has 1 aliphatic heterocycles. The van der Waals surface area contributed by atoms with Crippen molar-refractivity contribution in [2.45, 2.75) is 53.2 Å². The summed E-state index contributed by atoms with van der Waals surface area (Å²) < 4.78 is 5.65. The highest BCUT2D eigenvalue weighted by molar-refractivity contribution is 4.91. The number of nitrogens with one attached hydrogen (secondary N) is 1. The molecule has 1 N–H and O–H groups in total. The van der Waals surface area contributed by atoms with E-state index in [2.05, 4.69) is 39.9 Å². The Labute approximate surface area is 88.4 Å². The second-order valence-corrected chi connectivity index (χ2v) is 5.43. The highest BCUT2D eigenvalue weighted by Gasteiger charge is 2.37. The van der Waals surface area contributed by atoms with Gasteiger partial charge in [-0.25, -0.2) is 0 Å². The Morgan fingerprint density at radius 2 is 2.07 bits per heavy atom. The summed E-state index contributed by atoms with van der Waals surface area (Å²) in [5.74, 6) is 0.676. The fourth-order valence-electron chi connectivity index (χ4n) is 2.51. The summed E-state index contributed by atoms with van der Waals surface area (Å²) in [5.41, 5.74) is 0.322. The van der Waals surface area contributed by atoms with Gasteiger partial charge in [0.25, 0.3) is 0 Å². The quantitative estimate of drug-likeness (QED) is 0.754. The Morgan fingerprint density at radius 3 is 2.43 bits per heavy atom. The number of hydrogen-bond acceptors (Lipinski definition) is 2. The lowest BCUT2D eigenvalue weighted by atomic mass is 9.76. The molecule has 1 fully saturated rings. The molecule has 0 aromatic heterocycles. The van der Waals surface area contributed by atoms with E-state index in [0.29, 0.717) is 23.5 Å². The van der Waals surface area contributed by atoms with Gasteiger partial charge in [0, 0.05) is 18.6 Å². The van der Waals surface area contributed by atoms with E-state index in [9.17, 15) is 0 Å². The topological polar surface area (TPSA) is 21.3 Å². The van der Waals surface area contributed by atoms with Crippen LogP contribution < -0.4 is 5.32 Å². The van der Waals surface area contributed by atoms with Gasteiger partial charge in [0.15, 0.2) is 0 Å². The van der Waals surface area contributed by atoms with Crippen molar-refractivity contribution in [2.75, 3.05) is 13.2 Å². The average molecular weight is 199 g/mol. The molecule has 84 valence electrons. The molecule has 0 amide bonds. The zero-order valence-electron chi connectivity index (χ0n) is 10.3. The minimum Gasteiger partial charge on any atom is -0.378 e. The SMILES string of the molecule is CCNC(C1CCOC1C)C(C)(C)C. The molecule has 1 saturated heterocycles.